The van der Waals surface area contributed by atoms with Crippen molar-refractivity contribution in [3.63, 3.8) is 0 Å². The third kappa shape index (κ3) is 4.02. The Morgan fingerprint density at radius 1 is 1.00 bits per heavy atom. The van der Waals surface area contributed by atoms with Crippen LogP contribution in [0.3, 0.4) is 0 Å². The van der Waals surface area contributed by atoms with Gasteiger partial charge in [0.1, 0.15) is 10.6 Å². The molecule has 146 valence electrons. The molecule has 0 fully saturated rings. The smallest absolute Gasteiger partial charge is 0.285 e. The number of aromatic nitrogens is 1. The standard InChI is InChI=1S/C21H18N4O3S/c26-19-7-3-1-5-17(19)15-23-25(14-11-16-9-12-22-13-10-16)21-18-6-2-4-8-20(18)29(27,28)24-21/h1-10,12-13,15,26H,11,14H2. The molecule has 0 saturated carbocycles. The van der Waals surface area contributed by atoms with Crippen molar-refractivity contribution >= 4 is 22.1 Å². The number of aromatic hydroxyl groups is 1. The highest BCUT2D eigenvalue weighted by Crippen LogP contribution is 2.28. The fourth-order valence-corrected chi connectivity index (χ4v) is 4.21. The van der Waals surface area contributed by atoms with Crippen LogP contribution in [0.15, 0.2) is 87.5 Å². The molecule has 0 aliphatic carbocycles. The number of nitrogens with zero attached hydrogens (tertiary/aromatic N) is 4. The van der Waals surface area contributed by atoms with E-state index in [0.717, 1.165) is 5.56 Å². The number of pyridine rings is 1. The number of phenolic OH excluding ortho intramolecular Hbond substituents is 1. The Kier molecular flexibility index (Phi) is 5.09. The van der Waals surface area contributed by atoms with Gasteiger partial charge < -0.3 is 5.11 Å². The first kappa shape index (κ1) is 18.8. The van der Waals surface area contributed by atoms with Gasteiger partial charge in [0.05, 0.1) is 6.21 Å². The van der Waals surface area contributed by atoms with Gasteiger partial charge in [-0.1, -0.05) is 24.3 Å². The lowest BCUT2D eigenvalue weighted by molar-refractivity contribution is 0.451. The average molecular weight is 406 g/mol. The van der Waals surface area contributed by atoms with Gasteiger partial charge in [-0.05, 0) is 48.4 Å². The largest absolute Gasteiger partial charge is 0.507 e. The number of hydrogen-bond acceptors (Lipinski definition) is 6. The van der Waals surface area contributed by atoms with Crippen LogP contribution in [-0.4, -0.2) is 42.1 Å². The minimum Gasteiger partial charge on any atom is -0.507 e. The van der Waals surface area contributed by atoms with Gasteiger partial charge in [-0.25, -0.2) is 5.01 Å². The zero-order valence-electron chi connectivity index (χ0n) is 15.4. The summed E-state index contributed by atoms with van der Waals surface area (Å²) >= 11 is 0. The summed E-state index contributed by atoms with van der Waals surface area (Å²) in [4.78, 5) is 4.18. The lowest BCUT2D eigenvalue weighted by Gasteiger charge is -2.19. The molecule has 29 heavy (non-hydrogen) atoms. The first-order valence-corrected chi connectivity index (χ1v) is 10.4. The fraction of sp³-hybridized carbons (Fsp3) is 0.0952. The van der Waals surface area contributed by atoms with E-state index in [0.29, 0.717) is 24.1 Å². The van der Waals surface area contributed by atoms with Crippen LogP contribution in [0.25, 0.3) is 0 Å². The van der Waals surface area contributed by atoms with Crippen molar-refractivity contribution in [3.8, 4) is 5.75 Å². The summed E-state index contributed by atoms with van der Waals surface area (Å²) in [5.74, 6) is 0.355. The number of fused-ring (bicyclic) bond motifs is 1. The maximum Gasteiger partial charge on any atom is 0.285 e. The Hall–Kier alpha value is -3.52. The van der Waals surface area contributed by atoms with Crippen LogP contribution in [0.2, 0.25) is 0 Å². The summed E-state index contributed by atoms with van der Waals surface area (Å²) < 4.78 is 28.9. The first-order valence-electron chi connectivity index (χ1n) is 8.97. The molecular formula is C21H18N4O3S. The number of sulfonamides is 1. The van der Waals surface area contributed by atoms with E-state index in [1.165, 1.54) is 12.3 Å². The van der Waals surface area contributed by atoms with Crippen molar-refractivity contribution in [2.24, 2.45) is 9.50 Å². The minimum atomic E-state index is -3.76. The highest BCUT2D eigenvalue weighted by molar-refractivity contribution is 7.90. The normalized spacial score (nSPS) is 14.6. The molecule has 3 aromatic rings. The molecule has 7 nitrogen and oxygen atoms in total. The van der Waals surface area contributed by atoms with E-state index in [1.807, 2.05) is 12.1 Å². The predicted molar refractivity (Wildman–Crippen MR) is 111 cm³/mol. The van der Waals surface area contributed by atoms with Gasteiger partial charge in [0.25, 0.3) is 10.0 Å². The number of hydrazone groups is 1. The Morgan fingerprint density at radius 2 is 1.72 bits per heavy atom. The molecule has 2 aromatic carbocycles. The molecule has 0 amide bonds. The van der Waals surface area contributed by atoms with Crippen molar-refractivity contribution in [1.82, 2.24) is 9.99 Å². The summed E-state index contributed by atoms with van der Waals surface area (Å²) in [6, 6.07) is 17.3. The second-order valence-corrected chi connectivity index (χ2v) is 7.99. The van der Waals surface area contributed by atoms with Crippen molar-refractivity contribution in [3.05, 3.63) is 89.7 Å². The monoisotopic (exact) mass is 406 g/mol. The van der Waals surface area contributed by atoms with E-state index < -0.39 is 10.0 Å². The van der Waals surface area contributed by atoms with E-state index in [-0.39, 0.29) is 16.5 Å². The number of para-hydroxylation sites is 1. The summed E-state index contributed by atoms with van der Waals surface area (Å²) in [6.45, 7) is 0.400. The molecule has 0 atom stereocenters. The molecule has 1 aromatic heterocycles. The Balaban J connectivity index is 1.70. The second kappa shape index (κ2) is 7.84. The van der Waals surface area contributed by atoms with Gasteiger partial charge in [0, 0.05) is 30.1 Å². The van der Waals surface area contributed by atoms with Gasteiger partial charge in [-0.3, -0.25) is 4.98 Å². The van der Waals surface area contributed by atoms with E-state index in [1.54, 1.807) is 59.9 Å². The molecule has 1 N–H and O–H groups in total. The van der Waals surface area contributed by atoms with Crippen molar-refractivity contribution < 1.29 is 13.5 Å². The van der Waals surface area contributed by atoms with E-state index in [2.05, 4.69) is 14.5 Å². The van der Waals surface area contributed by atoms with Crippen molar-refractivity contribution in [1.29, 1.82) is 0 Å². The maximum atomic E-state index is 12.5. The molecule has 1 aliphatic rings. The molecular weight excluding hydrogens is 388 g/mol. The summed E-state index contributed by atoms with van der Waals surface area (Å²) in [5.41, 5.74) is 2.07. The lowest BCUT2D eigenvalue weighted by atomic mass is 10.1. The number of phenols is 1. The third-order valence-electron chi connectivity index (χ3n) is 4.49. The topological polar surface area (TPSA) is 95.2 Å². The Labute approximate surface area is 168 Å². The minimum absolute atomic E-state index is 0.0896. The van der Waals surface area contributed by atoms with Crippen LogP contribution >= 0.6 is 0 Å². The van der Waals surface area contributed by atoms with Crippen molar-refractivity contribution in [2.75, 3.05) is 6.54 Å². The average Bonchev–Trinajstić information content (AvgIpc) is 3.01. The number of benzene rings is 2. The maximum absolute atomic E-state index is 12.5. The Morgan fingerprint density at radius 3 is 2.52 bits per heavy atom. The number of hydrogen-bond donors (Lipinski definition) is 1. The zero-order valence-corrected chi connectivity index (χ0v) is 16.2. The first-order chi connectivity index (χ1) is 14.0. The predicted octanol–water partition coefficient (Wildman–Crippen LogP) is 2.81. The van der Waals surface area contributed by atoms with Gasteiger partial charge >= 0.3 is 0 Å². The highest BCUT2D eigenvalue weighted by Gasteiger charge is 2.31. The third-order valence-corrected chi connectivity index (χ3v) is 5.82. The van der Waals surface area contributed by atoms with Crippen molar-refractivity contribution in [2.45, 2.75) is 11.3 Å². The summed E-state index contributed by atoms with van der Waals surface area (Å²) in [7, 11) is -3.76. The highest BCUT2D eigenvalue weighted by atomic mass is 32.2. The zero-order chi connectivity index (χ0) is 20.3. The van der Waals surface area contributed by atoms with Crippen LogP contribution in [0.1, 0.15) is 16.7 Å². The lowest BCUT2D eigenvalue weighted by Crippen LogP contribution is -2.28. The number of amidine groups is 1. The molecule has 8 heteroatoms. The Bertz CT molecular complexity index is 1190. The van der Waals surface area contributed by atoms with Gasteiger partial charge in [-0.15, -0.1) is 4.40 Å². The van der Waals surface area contributed by atoms with Crippen LogP contribution in [0.4, 0.5) is 0 Å². The second-order valence-electron chi connectivity index (χ2n) is 6.42. The quantitative estimate of drug-likeness (QED) is 0.519. The van der Waals surface area contributed by atoms with E-state index >= 15 is 0 Å². The van der Waals surface area contributed by atoms with E-state index in [4.69, 9.17) is 0 Å². The summed E-state index contributed by atoms with van der Waals surface area (Å²) in [6.07, 6.45) is 5.52. The molecule has 4 rings (SSSR count). The van der Waals surface area contributed by atoms with Gasteiger partial charge in [0.2, 0.25) is 0 Å². The van der Waals surface area contributed by atoms with E-state index in [9.17, 15) is 13.5 Å². The van der Waals surface area contributed by atoms with Crippen LogP contribution in [0, 0.1) is 0 Å². The van der Waals surface area contributed by atoms with Gasteiger partial charge in [0.15, 0.2) is 5.84 Å². The fourth-order valence-electron chi connectivity index (χ4n) is 3.01. The molecule has 0 bridgehead atoms. The molecule has 2 heterocycles. The molecule has 0 saturated heterocycles. The molecule has 1 aliphatic heterocycles. The van der Waals surface area contributed by atoms with Crippen LogP contribution in [0.5, 0.6) is 5.75 Å². The van der Waals surface area contributed by atoms with Crippen LogP contribution in [-0.2, 0) is 16.4 Å². The SMILES string of the molecule is O=S1(=O)N=C(N(CCc2ccncc2)N=Cc2ccccc2O)c2ccccc21. The molecule has 0 spiro atoms. The van der Waals surface area contributed by atoms with Gasteiger partial charge in [-0.2, -0.15) is 13.5 Å². The number of rotatable bonds is 5. The molecule has 0 unspecified atom stereocenters. The molecule has 0 radical (unpaired) electrons. The summed E-state index contributed by atoms with van der Waals surface area (Å²) in [5, 5.41) is 16.0. The van der Waals surface area contributed by atoms with Crippen LogP contribution < -0.4 is 0 Å².